The monoisotopic (exact) mass is 190 g/mol. The van der Waals surface area contributed by atoms with Gasteiger partial charge in [-0.25, -0.2) is 4.79 Å². The molecule has 0 bridgehead atoms. The van der Waals surface area contributed by atoms with Crippen molar-refractivity contribution < 1.29 is 9.90 Å². The lowest BCUT2D eigenvalue weighted by atomic mass is 9.99. The molecule has 0 aliphatic heterocycles. The second-order valence-electron chi connectivity index (χ2n) is 3.13. The lowest BCUT2D eigenvalue weighted by Crippen LogP contribution is -2.00. The smallest absolute Gasteiger partial charge is 0.331 e. The summed E-state index contributed by atoms with van der Waals surface area (Å²) in [4.78, 5) is 10.8. The largest absolute Gasteiger partial charge is 0.478 e. The summed E-state index contributed by atoms with van der Waals surface area (Å²) in [6, 6.07) is 9.63. The lowest BCUT2D eigenvalue weighted by Gasteiger charge is -2.07. The van der Waals surface area contributed by atoms with Gasteiger partial charge in [0.05, 0.1) is 0 Å². The summed E-state index contributed by atoms with van der Waals surface area (Å²) < 4.78 is 0. The first-order valence-corrected chi connectivity index (χ1v) is 4.65. The molecule has 1 N–H and O–H groups in total. The highest BCUT2D eigenvalue weighted by Crippen LogP contribution is 2.21. The fourth-order valence-electron chi connectivity index (χ4n) is 1.45. The zero-order chi connectivity index (χ0) is 10.6. The van der Waals surface area contributed by atoms with E-state index < -0.39 is 5.97 Å². The van der Waals surface area contributed by atoms with Gasteiger partial charge in [0.1, 0.15) is 0 Å². The molecule has 0 amide bonds. The Kier molecular flexibility index (Phi) is 3.46. The average molecular weight is 190 g/mol. The zero-order valence-corrected chi connectivity index (χ0v) is 8.45. The highest BCUT2D eigenvalue weighted by Gasteiger charge is 2.08. The van der Waals surface area contributed by atoms with Crippen LogP contribution in [0.3, 0.4) is 0 Å². The van der Waals surface area contributed by atoms with Gasteiger partial charge in [0.25, 0.3) is 0 Å². The van der Waals surface area contributed by atoms with E-state index >= 15 is 0 Å². The van der Waals surface area contributed by atoms with Crippen LogP contribution in [0, 0.1) is 0 Å². The van der Waals surface area contributed by atoms with Gasteiger partial charge in [-0.15, -0.1) is 0 Å². The molecule has 2 heteroatoms. The first-order chi connectivity index (χ1) is 6.66. The van der Waals surface area contributed by atoms with Crippen LogP contribution in [0.2, 0.25) is 0 Å². The quantitative estimate of drug-likeness (QED) is 0.744. The second kappa shape index (κ2) is 4.61. The fourth-order valence-corrected chi connectivity index (χ4v) is 1.45. The van der Waals surface area contributed by atoms with Crippen molar-refractivity contribution in [2.75, 3.05) is 0 Å². The highest BCUT2D eigenvalue weighted by molar-refractivity contribution is 5.95. The van der Waals surface area contributed by atoms with Crippen molar-refractivity contribution in [1.29, 1.82) is 0 Å². The maximum atomic E-state index is 10.8. The molecule has 2 nitrogen and oxygen atoms in total. The minimum Gasteiger partial charge on any atom is -0.478 e. The predicted molar refractivity (Wildman–Crippen MR) is 57.0 cm³/mol. The number of carbonyl (C=O) groups is 1. The van der Waals surface area contributed by atoms with Crippen molar-refractivity contribution in [2.24, 2.45) is 0 Å². The summed E-state index contributed by atoms with van der Waals surface area (Å²) in [6.45, 7) is 3.61. The SMILES string of the molecule is CC/C(=C(/C)C(=O)O)c1ccccc1. The first kappa shape index (κ1) is 10.5. The van der Waals surface area contributed by atoms with E-state index in [1.807, 2.05) is 37.3 Å². The number of carboxylic acids is 1. The van der Waals surface area contributed by atoms with Crippen LogP contribution >= 0.6 is 0 Å². The average Bonchev–Trinajstić information content (AvgIpc) is 2.20. The van der Waals surface area contributed by atoms with Crippen molar-refractivity contribution in [3.05, 3.63) is 41.5 Å². The molecule has 0 aliphatic rings. The third-order valence-electron chi connectivity index (χ3n) is 2.25. The Morgan fingerprint density at radius 3 is 2.29 bits per heavy atom. The van der Waals surface area contributed by atoms with Gasteiger partial charge in [0, 0.05) is 5.57 Å². The van der Waals surface area contributed by atoms with E-state index in [1.54, 1.807) is 6.92 Å². The van der Waals surface area contributed by atoms with Crippen LogP contribution in [0.25, 0.3) is 5.57 Å². The third kappa shape index (κ3) is 2.22. The standard InChI is InChI=1S/C12H14O2/c1-3-11(9(2)12(13)14)10-7-5-4-6-8-10/h4-8H,3H2,1-2H3,(H,13,14)/b11-9+. The summed E-state index contributed by atoms with van der Waals surface area (Å²) in [5, 5.41) is 8.89. The molecule has 0 aromatic heterocycles. The highest BCUT2D eigenvalue weighted by atomic mass is 16.4. The normalized spacial score (nSPS) is 12.1. The maximum absolute atomic E-state index is 10.8. The summed E-state index contributed by atoms with van der Waals surface area (Å²) in [5.74, 6) is -0.842. The Hall–Kier alpha value is -1.57. The van der Waals surface area contributed by atoms with Gasteiger partial charge in [-0.2, -0.15) is 0 Å². The van der Waals surface area contributed by atoms with E-state index in [0.29, 0.717) is 5.57 Å². The molecule has 1 rings (SSSR count). The molecule has 0 spiro atoms. The molecule has 0 atom stereocenters. The number of carboxylic acid groups (broad SMARTS) is 1. The van der Waals surface area contributed by atoms with Gasteiger partial charge < -0.3 is 5.11 Å². The van der Waals surface area contributed by atoms with Crippen LogP contribution in [-0.4, -0.2) is 11.1 Å². The minimum absolute atomic E-state index is 0.429. The Morgan fingerprint density at radius 1 is 1.29 bits per heavy atom. The summed E-state index contributed by atoms with van der Waals surface area (Å²) >= 11 is 0. The van der Waals surface area contributed by atoms with Gasteiger partial charge in [0.2, 0.25) is 0 Å². The third-order valence-corrected chi connectivity index (χ3v) is 2.25. The Labute approximate surface area is 83.9 Å². The van der Waals surface area contributed by atoms with Crippen LogP contribution in [0.1, 0.15) is 25.8 Å². The molecule has 14 heavy (non-hydrogen) atoms. The van der Waals surface area contributed by atoms with Gasteiger partial charge in [0.15, 0.2) is 0 Å². The zero-order valence-electron chi connectivity index (χ0n) is 8.45. The number of aliphatic carboxylic acids is 1. The van der Waals surface area contributed by atoms with Gasteiger partial charge in [-0.05, 0) is 24.5 Å². The minimum atomic E-state index is -0.842. The van der Waals surface area contributed by atoms with Crippen LogP contribution in [0.15, 0.2) is 35.9 Å². The van der Waals surface area contributed by atoms with Crippen LogP contribution in [0.4, 0.5) is 0 Å². The number of rotatable bonds is 3. The van der Waals surface area contributed by atoms with Crippen molar-refractivity contribution in [3.63, 3.8) is 0 Å². The van der Waals surface area contributed by atoms with Crippen LogP contribution in [-0.2, 0) is 4.79 Å². The number of hydrogen-bond acceptors (Lipinski definition) is 1. The molecular formula is C12H14O2. The molecule has 0 aliphatic carbocycles. The summed E-state index contributed by atoms with van der Waals surface area (Å²) in [7, 11) is 0. The molecule has 0 unspecified atom stereocenters. The molecule has 1 aromatic carbocycles. The van der Waals surface area contributed by atoms with E-state index in [9.17, 15) is 4.79 Å². The first-order valence-electron chi connectivity index (χ1n) is 4.65. The fraction of sp³-hybridized carbons (Fsp3) is 0.250. The second-order valence-corrected chi connectivity index (χ2v) is 3.13. The molecule has 1 aromatic rings. The Bertz CT molecular complexity index is 350. The van der Waals surface area contributed by atoms with Crippen molar-refractivity contribution in [3.8, 4) is 0 Å². The molecule has 0 saturated carbocycles. The van der Waals surface area contributed by atoms with Gasteiger partial charge in [-0.3, -0.25) is 0 Å². The van der Waals surface area contributed by atoms with Gasteiger partial charge in [-0.1, -0.05) is 37.3 Å². The van der Waals surface area contributed by atoms with Crippen LogP contribution < -0.4 is 0 Å². The molecule has 0 saturated heterocycles. The molecule has 0 radical (unpaired) electrons. The van der Waals surface area contributed by atoms with E-state index in [2.05, 4.69) is 0 Å². The van der Waals surface area contributed by atoms with Crippen molar-refractivity contribution >= 4 is 11.5 Å². The van der Waals surface area contributed by atoms with E-state index in [4.69, 9.17) is 5.11 Å². The van der Waals surface area contributed by atoms with Crippen molar-refractivity contribution in [1.82, 2.24) is 0 Å². The summed E-state index contributed by atoms with van der Waals surface area (Å²) in [5.41, 5.74) is 2.33. The molecule has 0 heterocycles. The summed E-state index contributed by atoms with van der Waals surface area (Å²) in [6.07, 6.45) is 0.738. The topological polar surface area (TPSA) is 37.3 Å². The molecular weight excluding hydrogens is 176 g/mol. The molecule has 0 fully saturated rings. The van der Waals surface area contributed by atoms with E-state index in [-0.39, 0.29) is 0 Å². The number of allylic oxidation sites excluding steroid dienone is 1. The van der Waals surface area contributed by atoms with E-state index in [0.717, 1.165) is 17.6 Å². The lowest BCUT2D eigenvalue weighted by molar-refractivity contribution is -0.132. The number of hydrogen-bond donors (Lipinski definition) is 1. The molecule has 74 valence electrons. The maximum Gasteiger partial charge on any atom is 0.331 e. The van der Waals surface area contributed by atoms with Gasteiger partial charge >= 0.3 is 5.97 Å². The predicted octanol–water partition coefficient (Wildman–Crippen LogP) is 2.95. The number of benzene rings is 1. The Balaban J connectivity index is 3.17. The van der Waals surface area contributed by atoms with Crippen molar-refractivity contribution in [2.45, 2.75) is 20.3 Å². The van der Waals surface area contributed by atoms with E-state index in [1.165, 1.54) is 0 Å². The van der Waals surface area contributed by atoms with Crippen LogP contribution in [0.5, 0.6) is 0 Å². The Morgan fingerprint density at radius 2 is 1.86 bits per heavy atom.